The molecule has 1 aromatic heterocycles. The molecule has 0 amide bonds. The number of aromatic nitrogens is 2. The summed E-state index contributed by atoms with van der Waals surface area (Å²) < 4.78 is 1.94. The van der Waals surface area contributed by atoms with Gasteiger partial charge in [0.15, 0.2) is 0 Å². The van der Waals surface area contributed by atoms with Crippen molar-refractivity contribution in [3.63, 3.8) is 0 Å². The Labute approximate surface area is 120 Å². The van der Waals surface area contributed by atoms with E-state index in [1.54, 1.807) is 6.08 Å². The first-order valence-corrected chi connectivity index (χ1v) is 6.72. The smallest absolute Gasteiger partial charge is 0.136 e. The second-order valence-corrected chi connectivity index (χ2v) is 4.02. The third-order valence-corrected chi connectivity index (χ3v) is 2.65. The predicted octanol–water partition coefficient (Wildman–Crippen LogP) is 5.36. The van der Waals surface area contributed by atoms with Crippen molar-refractivity contribution >= 4 is 23.9 Å². The quantitative estimate of drug-likeness (QED) is 0.736. The van der Waals surface area contributed by atoms with Gasteiger partial charge >= 0.3 is 0 Å². The van der Waals surface area contributed by atoms with Gasteiger partial charge < -0.3 is 4.57 Å². The van der Waals surface area contributed by atoms with Crippen LogP contribution in [0.2, 0.25) is 5.02 Å². The Bertz CT molecular complexity index is 551. The zero-order valence-electron chi connectivity index (χ0n) is 11.6. The molecule has 2 rings (SSSR count). The standard InChI is InChI=1S/C14H13ClN2.C2H6/c1-3-9-17-10-13(16-14(17)4-2)11-5-7-12(15)8-6-11;1-2/h3-10H,2H2,1H3;1-2H3/b9-3-;. The van der Waals surface area contributed by atoms with Crippen LogP contribution in [0.4, 0.5) is 0 Å². The second kappa shape index (κ2) is 7.59. The molecule has 0 saturated heterocycles. The molecule has 19 heavy (non-hydrogen) atoms. The van der Waals surface area contributed by atoms with Crippen molar-refractivity contribution in [1.29, 1.82) is 0 Å². The van der Waals surface area contributed by atoms with Crippen molar-refractivity contribution in [3.8, 4) is 11.3 Å². The molecule has 100 valence electrons. The first-order valence-electron chi connectivity index (χ1n) is 6.34. The third kappa shape index (κ3) is 3.83. The minimum absolute atomic E-state index is 0.727. The summed E-state index contributed by atoms with van der Waals surface area (Å²) in [5, 5.41) is 0.727. The van der Waals surface area contributed by atoms with E-state index < -0.39 is 0 Å². The predicted molar refractivity (Wildman–Crippen MR) is 85.1 cm³/mol. The summed E-state index contributed by atoms with van der Waals surface area (Å²) in [4.78, 5) is 4.50. The topological polar surface area (TPSA) is 17.8 Å². The maximum Gasteiger partial charge on any atom is 0.136 e. The van der Waals surface area contributed by atoms with Crippen molar-refractivity contribution in [1.82, 2.24) is 9.55 Å². The Balaban J connectivity index is 0.000000861. The Morgan fingerprint density at radius 2 is 1.84 bits per heavy atom. The summed E-state index contributed by atoms with van der Waals surface area (Å²) in [5.41, 5.74) is 1.95. The van der Waals surface area contributed by atoms with E-state index in [1.807, 2.05) is 68.1 Å². The molecule has 0 atom stereocenters. The number of allylic oxidation sites excluding steroid dienone is 1. The van der Waals surface area contributed by atoms with Gasteiger partial charge in [-0.3, -0.25) is 0 Å². The SMILES string of the molecule is C=Cc1nc(-c2ccc(Cl)cc2)cn1/C=C\C.CC. The molecule has 1 aromatic carbocycles. The minimum atomic E-state index is 0.727. The average Bonchev–Trinajstić information content (AvgIpc) is 2.85. The summed E-state index contributed by atoms with van der Waals surface area (Å²) in [7, 11) is 0. The van der Waals surface area contributed by atoms with Gasteiger partial charge in [-0.25, -0.2) is 4.98 Å². The number of rotatable bonds is 3. The van der Waals surface area contributed by atoms with Crippen molar-refractivity contribution in [2.45, 2.75) is 20.8 Å². The lowest BCUT2D eigenvalue weighted by molar-refractivity contribution is 1.10. The zero-order chi connectivity index (χ0) is 14.3. The molecule has 0 aliphatic rings. The molecular weight excluding hydrogens is 256 g/mol. The lowest BCUT2D eigenvalue weighted by atomic mass is 10.2. The first kappa shape index (κ1) is 15.3. The van der Waals surface area contributed by atoms with Gasteiger partial charge in [0, 0.05) is 23.0 Å². The highest BCUT2D eigenvalue weighted by molar-refractivity contribution is 6.30. The summed E-state index contributed by atoms with van der Waals surface area (Å²) in [6.45, 7) is 9.72. The number of hydrogen-bond donors (Lipinski definition) is 0. The molecule has 0 radical (unpaired) electrons. The molecule has 0 saturated carbocycles. The van der Waals surface area contributed by atoms with Crippen LogP contribution in [0.15, 0.2) is 43.1 Å². The minimum Gasteiger partial charge on any atom is -0.307 e. The van der Waals surface area contributed by atoms with Crippen LogP contribution in [0.1, 0.15) is 26.6 Å². The maximum absolute atomic E-state index is 5.86. The average molecular weight is 275 g/mol. The van der Waals surface area contributed by atoms with Gasteiger partial charge in [0.2, 0.25) is 0 Å². The van der Waals surface area contributed by atoms with Crippen LogP contribution in [0.25, 0.3) is 23.5 Å². The Morgan fingerprint density at radius 1 is 1.21 bits per heavy atom. The van der Waals surface area contributed by atoms with Crippen molar-refractivity contribution < 1.29 is 0 Å². The van der Waals surface area contributed by atoms with Crippen LogP contribution in [-0.2, 0) is 0 Å². The highest BCUT2D eigenvalue weighted by atomic mass is 35.5. The fourth-order valence-corrected chi connectivity index (χ4v) is 1.72. The van der Waals surface area contributed by atoms with E-state index >= 15 is 0 Å². The van der Waals surface area contributed by atoms with Gasteiger partial charge in [-0.05, 0) is 25.1 Å². The van der Waals surface area contributed by atoms with Crippen LogP contribution >= 0.6 is 11.6 Å². The summed E-state index contributed by atoms with van der Waals surface area (Å²) in [6.07, 6.45) is 7.61. The summed E-state index contributed by atoms with van der Waals surface area (Å²) >= 11 is 5.86. The van der Waals surface area contributed by atoms with Gasteiger partial charge in [-0.2, -0.15) is 0 Å². The highest BCUT2D eigenvalue weighted by Gasteiger charge is 2.05. The molecule has 0 aliphatic carbocycles. The van der Waals surface area contributed by atoms with Gasteiger partial charge in [-0.15, -0.1) is 0 Å². The molecule has 2 aromatic rings. The number of imidazole rings is 1. The molecule has 0 aliphatic heterocycles. The Kier molecular flexibility index (Phi) is 6.10. The lowest BCUT2D eigenvalue weighted by Crippen LogP contribution is -1.86. The molecule has 0 bridgehead atoms. The molecule has 2 nitrogen and oxygen atoms in total. The van der Waals surface area contributed by atoms with E-state index in [2.05, 4.69) is 11.6 Å². The number of benzene rings is 1. The lowest BCUT2D eigenvalue weighted by Gasteiger charge is -1.95. The van der Waals surface area contributed by atoms with Gasteiger partial charge in [0.1, 0.15) is 5.82 Å². The first-order chi connectivity index (χ1) is 9.24. The van der Waals surface area contributed by atoms with Crippen LogP contribution in [-0.4, -0.2) is 9.55 Å². The van der Waals surface area contributed by atoms with Gasteiger partial charge in [0.05, 0.1) is 5.69 Å². The molecule has 0 N–H and O–H groups in total. The van der Waals surface area contributed by atoms with Crippen LogP contribution in [0.5, 0.6) is 0 Å². The van der Waals surface area contributed by atoms with Gasteiger partial charge in [0.25, 0.3) is 0 Å². The van der Waals surface area contributed by atoms with E-state index in [0.29, 0.717) is 0 Å². The Morgan fingerprint density at radius 3 is 2.37 bits per heavy atom. The van der Waals surface area contributed by atoms with Crippen LogP contribution < -0.4 is 0 Å². The largest absolute Gasteiger partial charge is 0.307 e. The highest BCUT2D eigenvalue weighted by Crippen LogP contribution is 2.21. The van der Waals surface area contributed by atoms with Gasteiger partial charge in [-0.1, -0.05) is 50.2 Å². The second-order valence-electron chi connectivity index (χ2n) is 3.59. The number of nitrogens with zero attached hydrogens (tertiary/aromatic N) is 2. The van der Waals surface area contributed by atoms with Crippen molar-refractivity contribution in [2.24, 2.45) is 0 Å². The molecule has 3 heteroatoms. The fourth-order valence-electron chi connectivity index (χ4n) is 1.60. The zero-order valence-corrected chi connectivity index (χ0v) is 12.4. The normalized spacial score (nSPS) is 10.1. The van der Waals surface area contributed by atoms with E-state index in [4.69, 9.17) is 11.6 Å². The summed E-state index contributed by atoms with van der Waals surface area (Å²) in [6, 6.07) is 7.63. The van der Waals surface area contributed by atoms with E-state index in [1.165, 1.54) is 0 Å². The van der Waals surface area contributed by atoms with Crippen molar-refractivity contribution in [2.75, 3.05) is 0 Å². The van der Waals surface area contributed by atoms with E-state index in [0.717, 1.165) is 22.1 Å². The van der Waals surface area contributed by atoms with Crippen molar-refractivity contribution in [3.05, 3.63) is 54.0 Å². The maximum atomic E-state index is 5.86. The Hall–Kier alpha value is -1.80. The molecule has 1 heterocycles. The van der Waals surface area contributed by atoms with E-state index in [9.17, 15) is 0 Å². The third-order valence-electron chi connectivity index (χ3n) is 2.39. The monoisotopic (exact) mass is 274 g/mol. The molecule has 0 fully saturated rings. The number of hydrogen-bond acceptors (Lipinski definition) is 1. The number of halogens is 1. The van der Waals surface area contributed by atoms with Crippen LogP contribution in [0, 0.1) is 0 Å². The van der Waals surface area contributed by atoms with E-state index in [-0.39, 0.29) is 0 Å². The molecule has 0 spiro atoms. The fraction of sp³-hybridized carbons (Fsp3) is 0.188. The summed E-state index contributed by atoms with van der Waals surface area (Å²) in [5.74, 6) is 0.827. The molecule has 0 unspecified atom stereocenters. The van der Waals surface area contributed by atoms with Crippen LogP contribution in [0.3, 0.4) is 0 Å². The molecular formula is C16H19ClN2.